The van der Waals surface area contributed by atoms with Crippen LogP contribution < -0.4 is 10.6 Å². The lowest BCUT2D eigenvalue weighted by Gasteiger charge is -2.14. The zero-order valence-electron chi connectivity index (χ0n) is 13.7. The molecule has 4 amide bonds. The molecule has 1 aromatic rings. The Morgan fingerprint density at radius 1 is 1.24 bits per heavy atom. The van der Waals surface area contributed by atoms with E-state index in [1.807, 2.05) is 13.8 Å². The van der Waals surface area contributed by atoms with E-state index in [1.54, 1.807) is 0 Å². The summed E-state index contributed by atoms with van der Waals surface area (Å²) in [6.07, 6.45) is -4.00. The van der Waals surface area contributed by atoms with Crippen molar-refractivity contribution in [2.24, 2.45) is 5.92 Å². The van der Waals surface area contributed by atoms with Crippen LogP contribution in [0.15, 0.2) is 24.3 Å². The lowest BCUT2D eigenvalue weighted by molar-refractivity contribution is -0.137. The van der Waals surface area contributed by atoms with E-state index in [0.29, 0.717) is 6.42 Å². The molecule has 1 aliphatic heterocycles. The number of carbonyl (C=O) groups is 3. The fourth-order valence-corrected chi connectivity index (χ4v) is 2.44. The third kappa shape index (κ3) is 4.71. The predicted molar refractivity (Wildman–Crippen MR) is 83.6 cm³/mol. The molecule has 9 heteroatoms. The van der Waals surface area contributed by atoms with Crippen LogP contribution in [0.4, 0.5) is 23.7 Å². The molecule has 1 fully saturated rings. The standard InChI is InChI=1S/C16H18F3N3O3/c1-9(2)7-12-14(24)22(15(25)21-12)8-13(23)20-11-5-3-10(4-6-11)16(17,18)19/h3-6,9,12H,7-8H2,1-2H3,(H,20,23)(H,21,25)/t12-/m0/s1. The van der Waals surface area contributed by atoms with Crippen molar-refractivity contribution in [2.75, 3.05) is 11.9 Å². The summed E-state index contributed by atoms with van der Waals surface area (Å²) in [4.78, 5) is 36.7. The van der Waals surface area contributed by atoms with Crippen LogP contribution in [0, 0.1) is 5.92 Å². The summed E-state index contributed by atoms with van der Waals surface area (Å²) in [7, 11) is 0. The summed E-state index contributed by atoms with van der Waals surface area (Å²) in [5.74, 6) is -0.968. The van der Waals surface area contributed by atoms with Crippen LogP contribution in [0.1, 0.15) is 25.8 Å². The summed E-state index contributed by atoms with van der Waals surface area (Å²) in [5.41, 5.74) is -0.695. The van der Waals surface area contributed by atoms with Gasteiger partial charge in [-0.25, -0.2) is 4.79 Å². The van der Waals surface area contributed by atoms with Crippen LogP contribution in [0.2, 0.25) is 0 Å². The second kappa shape index (κ2) is 7.12. The smallest absolute Gasteiger partial charge is 0.326 e. The Balaban J connectivity index is 1.96. The molecule has 0 saturated carbocycles. The van der Waals surface area contributed by atoms with Crippen molar-refractivity contribution in [2.45, 2.75) is 32.5 Å². The van der Waals surface area contributed by atoms with Gasteiger partial charge >= 0.3 is 12.2 Å². The van der Waals surface area contributed by atoms with Gasteiger partial charge in [0.2, 0.25) is 5.91 Å². The molecule has 1 aliphatic rings. The van der Waals surface area contributed by atoms with E-state index in [4.69, 9.17) is 0 Å². The number of urea groups is 1. The molecule has 0 aromatic heterocycles. The molecule has 1 aromatic carbocycles. The Morgan fingerprint density at radius 3 is 2.36 bits per heavy atom. The molecule has 6 nitrogen and oxygen atoms in total. The number of amides is 4. The topological polar surface area (TPSA) is 78.5 Å². The van der Waals surface area contributed by atoms with Crippen molar-refractivity contribution in [3.63, 3.8) is 0 Å². The molecule has 1 saturated heterocycles. The number of benzene rings is 1. The Bertz CT molecular complexity index is 671. The van der Waals surface area contributed by atoms with Gasteiger partial charge in [-0.3, -0.25) is 14.5 Å². The molecular formula is C16H18F3N3O3. The molecule has 25 heavy (non-hydrogen) atoms. The highest BCUT2D eigenvalue weighted by atomic mass is 19.4. The van der Waals surface area contributed by atoms with Gasteiger partial charge in [-0.05, 0) is 36.6 Å². The first kappa shape index (κ1) is 18.8. The van der Waals surface area contributed by atoms with Gasteiger partial charge in [0.25, 0.3) is 5.91 Å². The van der Waals surface area contributed by atoms with Gasteiger partial charge in [0, 0.05) is 5.69 Å². The average molecular weight is 357 g/mol. The highest BCUT2D eigenvalue weighted by Gasteiger charge is 2.39. The van der Waals surface area contributed by atoms with E-state index >= 15 is 0 Å². The maximum absolute atomic E-state index is 12.5. The first-order chi connectivity index (χ1) is 11.6. The number of anilines is 1. The fraction of sp³-hybridized carbons (Fsp3) is 0.438. The van der Waals surface area contributed by atoms with Gasteiger partial charge in [-0.1, -0.05) is 13.8 Å². The summed E-state index contributed by atoms with van der Waals surface area (Å²) in [6.45, 7) is 3.30. The largest absolute Gasteiger partial charge is 0.416 e. The summed E-state index contributed by atoms with van der Waals surface area (Å²) >= 11 is 0. The van der Waals surface area contributed by atoms with Gasteiger partial charge in [0.1, 0.15) is 12.6 Å². The molecule has 0 spiro atoms. The monoisotopic (exact) mass is 357 g/mol. The molecule has 1 heterocycles. The van der Waals surface area contributed by atoms with Crippen LogP contribution in [-0.4, -0.2) is 35.3 Å². The lowest BCUT2D eigenvalue weighted by atomic mass is 10.0. The normalized spacial score (nSPS) is 17.8. The van der Waals surface area contributed by atoms with E-state index in [9.17, 15) is 27.6 Å². The first-order valence-electron chi connectivity index (χ1n) is 7.67. The Labute approximate surface area is 142 Å². The zero-order chi connectivity index (χ0) is 18.8. The Kier molecular flexibility index (Phi) is 5.34. The van der Waals surface area contributed by atoms with Crippen LogP contribution in [-0.2, 0) is 15.8 Å². The molecule has 0 bridgehead atoms. The molecule has 0 aliphatic carbocycles. The van der Waals surface area contributed by atoms with Crippen LogP contribution in [0.5, 0.6) is 0 Å². The Morgan fingerprint density at radius 2 is 1.84 bits per heavy atom. The van der Waals surface area contributed by atoms with E-state index in [1.165, 1.54) is 0 Å². The predicted octanol–water partition coefficient (Wildman–Crippen LogP) is 2.61. The minimum Gasteiger partial charge on any atom is -0.326 e. The lowest BCUT2D eigenvalue weighted by Crippen LogP contribution is -2.38. The maximum Gasteiger partial charge on any atom is 0.416 e. The molecule has 2 rings (SSSR count). The average Bonchev–Trinajstić information content (AvgIpc) is 2.74. The van der Waals surface area contributed by atoms with E-state index in [2.05, 4.69) is 10.6 Å². The third-order valence-electron chi connectivity index (χ3n) is 3.61. The van der Waals surface area contributed by atoms with E-state index in [0.717, 1.165) is 29.2 Å². The van der Waals surface area contributed by atoms with Crippen molar-refractivity contribution in [1.82, 2.24) is 10.2 Å². The zero-order valence-corrected chi connectivity index (χ0v) is 13.7. The number of hydrogen-bond acceptors (Lipinski definition) is 3. The summed E-state index contributed by atoms with van der Waals surface area (Å²) in [5, 5.41) is 4.87. The number of hydrogen-bond donors (Lipinski definition) is 2. The van der Waals surface area contributed by atoms with Gasteiger partial charge in [0.05, 0.1) is 5.56 Å². The van der Waals surface area contributed by atoms with Gasteiger partial charge in [-0.2, -0.15) is 13.2 Å². The molecule has 136 valence electrons. The second-order valence-electron chi connectivity index (χ2n) is 6.18. The molecular weight excluding hydrogens is 339 g/mol. The summed E-state index contributed by atoms with van der Waals surface area (Å²) < 4.78 is 37.5. The quantitative estimate of drug-likeness (QED) is 0.795. The number of nitrogens with one attached hydrogen (secondary N) is 2. The highest BCUT2D eigenvalue weighted by Crippen LogP contribution is 2.29. The van der Waals surface area contributed by atoms with Gasteiger partial charge in [-0.15, -0.1) is 0 Å². The third-order valence-corrected chi connectivity index (χ3v) is 3.61. The highest BCUT2D eigenvalue weighted by molar-refractivity contribution is 6.07. The van der Waals surface area contributed by atoms with Crippen LogP contribution in [0.3, 0.4) is 0 Å². The number of carbonyl (C=O) groups excluding carboxylic acids is 3. The maximum atomic E-state index is 12.5. The fourth-order valence-electron chi connectivity index (χ4n) is 2.44. The van der Waals surface area contributed by atoms with Crippen LogP contribution in [0.25, 0.3) is 0 Å². The second-order valence-corrected chi connectivity index (χ2v) is 6.18. The molecule has 1 atom stereocenters. The van der Waals surface area contributed by atoms with Gasteiger partial charge in [0.15, 0.2) is 0 Å². The Hall–Kier alpha value is -2.58. The molecule has 0 unspecified atom stereocenters. The minimum atomic E-state index is -4.46. The van der Waals surface area contributed by atoms with Crippen molar-refractivity contribution in [3.05, 3.63) is 29.8 Å². The molecule has 0 radical (unpaired) electrons. The minimum absolute atomic E-state index is 0.142. The number of halogens is 3. The number of alkyl halides is 3. The number of rotatable bonds is 5. The van der Waals surface area contributed by atoms with Crippen LogP contribution >= 0.6 is 0 Å². The van der Waals surface area contributed by atoms with E-state index < -0.39 is 42.2 Å². The van der Waals surface area contributed by atoms with Crippen molar-refractivity contribution in [3.8, 4) is 0 Å². The van der Waals surface area contributed by atoms with E-state index in [-0.39, 0.29) is 11.6 Å². The summed E-state index contributed by atoms with van der Waals surface area (Å²) in [6, 6.07) is 2.57. The van der Waals surface area contributed by atoms with Gasteiger partial charge < -0.3 is 10.6 Å². The van der Waals surface area contributed by atoms with Crippen molar-refractivity contribution in [1.29, 1.82) is 0 Å². The first-order valence-corrected chi connectivity index (χ1v) is 7.67. The number of nitrogens with zero attached hydrogens (tertiary/aromatic N) is 1. The SMILES string of the molecule is CC(C)C[C@@H]1NC(=O)N(CC(=O)Nc2ccc(C(F)(F)F)cc2)C1=O. The van der Waals surface area contributed by atoms with Crippen molar-refractivity contribution < 1.29 is 27.6 Å². The molecule has 2 N–H and O–H groups in total. The number of imide groups is 1. The van der Waals surface area contributed by atoms with Crippen molar-refractivity contribution >= 4 is 23.5 Å².